The van der Waals surface area contributed by atoms with E-state index in [0.29, 0.717) is 16.4 Å². The van der Waals surface area contributed by atoms with Crippen molar-refractivity contribution in [1.82, 2.24) is 4.98 Å². The van der Waals surface area contributed by atoms with Crippen LogP contribution in [-0.4, -0.2) is 19.3 Å². The molecule has 0 fully saturated rings. The zero-order valence-electron chi connectivity index (χ0n) is 15.4. The van der Waals surface area contributed by atoms with Crippen LogP contribution < -0.4 is 10.0 Å². The highest BCUT2D eigenvalue weighted by Crippen LogP contribution is 2.27. The Balaban J connectivity index is 1.47. The van der Waals surface area contributed by atoms with Crippen molar-refractivity contribution in [3.8, 4) is 0 Å². The summed E-state index contributed by atoms with van der Waals surface area (Å²) in [6.45, 7) is 2.09. The highest BCUT2D eigenvalue weighted by atomic mass is 32.2. The number of hydrogen-bond donors (Lipinski definition) is 2. The molecular weight excluding hydrogens is 426 g/mol. The van der Waals surface area contributed by atoms with Gasteiger partial charge in [0.1, 0.15) is 4.21 Å². The fraction of sp³-hybridized carbons (Fsp3) is 0.100. The predicted octanol–water partition coefficient (Wildman–Crippen LogP) is 4.97. The van der Waals surface area contributed by atoms with Crippen LogP contribution in [0.25, 0.3) is 10.2 Å². The largest absolute Gasteiger partial charge is 0.298 e. The van der Waals surface area contributed by atoms with Gasteiger partial charge in [0.15, 0.2) is 5.13 Å². The Morgan fingerprint density at radius 1 is 1.10 bits per heavy atom. The van der Waals surface area contributed by atoms with Crippen molar-refractivity contribution in [2.24, 2.45) is 0 Å². The number of nitrogens with one attached hydrogen (secondary N) is 2. The van der Waals surface area contributed by atoms with Gasteiger partial charge in [-0.1, -0.05) is 30.4 Å². The van der Waals surface area contributed by atoms with Crippen LogP contribution in [0.5, 0.6) is 0 Å². The van der Waals surface area contributed by atoms with Gasteiger partial charge >= 0.3 is 0 Å². The van der Waals surface area contributed by atoms with Crippen molar-refractivity contribution in [3.63, 3.8) is 0 Å². The molecule has 9 heteroatoms. The number of rotatable bonds is 6. The Labute approximate surface area is 176 Å². The molecule has 2 N–H and O–H groups in total. The van der Waals surface area contributed by atoms with E-state index in [0.717, 1.165) is 28.0 Å². The van der Waals surface area contributed by atoms with Crippen LogP contribution in [0.4, 0.5) is 10.8 Å². The maximum atomic E-state index is 12.5. The molecule has 2 aromatic carbocycles. The van der Waals surface area contributed by atoms with Gasteiger partial charge in [0, 0.05) is 11.3 Å². The van der Waals surface area contributed by atoms with E-state index in [1.807, 2.05) is 12.1 Å². The lowest BCUT2D eigenvalue weighted by molar-refractivity contribution is 0.102. The third-order valence-corrected chi connectivity index (χ3v) is 7.95. The summed E-state index contributed by atoms with van der Waals surface area (Å²) in [6.07, 6.45) is 0.943. The highest BCUT2D eigenvalue weighted by molar-refractivity contribution is 7.94. The molecule has 2 heterocycles. The third kappa shape index (κ3) is 4.31. The molecule has 0 saturated carbocycles. The minimum atomic E-state index is -3.61. The number of thiophene rings is 1. The summed E-state index contributed by atoms with van der Waals surface area (Å²) in [6, 6.07) is 15.6. The fourth-order valence-electron chi connectivity index (χ4n) is 2.72. The molecule has 2 aromatic heterocycles. The number of nitrogens with zero attached hydrogens (tertiary/aromatic N) is 1. The first kappa shape index (κ1) is 19.6. The lowest BCUT2D eigenvalue weighted by Gasteiger charge is -2.07. The molecule has 4 aromatic rings. The summed E-state index contributed by atoms with van der Waals surface area (Å²) in [5, 5.41) is 5.04. The van der Waals surface area contributed by atoms with Gasteiger partial charge in [0.05, 0.1) is 10.2 Å². The van der Waals surface area contributed by atoms with Crippen molar-refractivity contribution < 1.29 is 13.2 Å². The number of aryl methyl sites for hydroxylation is 1. The van der Waals surface area contributed by atoms with Crippen LogP contribution in [0.2, 0.25) is 0 Å². The zero-order chi connectivity index (χ0) is 20.4. The molecule has 0 radical (unpaired) electrons. The van der Waals surface area contributed by atoms with Crippen molar-refractivity contribution in [2.75, 3.05) is 10.0 Å². The normalized spacial score (nSPS) is 11.5. The quantitative estimate of drug-likeness (QED) is 0.440. The van der Waals surface area contributed by atoms with Crippen LogP contribution in [-0.2, 0) is 16.4 Å². The van der Waals surface area contributed by atoms with Gasteiger partial charge in [-0.2, -0.15) is 0 Å². The molecule has 0 unspecified atom stereocenters. The number of thiazole rings is 1. The molecule has 6 nitrogen and oxygen atoms in total. The second-order valence-corrected chi connectivity index (χ2v) is 10.1. The van der Waals surface area contributed by atoms with Crippen LogP contribution in [0.3, 0.4) is 0 Å². The Morgan fingerprint density at radius 3 is 2.59 bits per heavy atom. The number of fused-ring (bicyclic) bond motifs is 1. The number of sulfonamides is 1. The number of aromatic nitrogens is 1. The molecule has 0 bridgehead atoms. The van der Waals surface area contributed by atoms with E-state index >= 15 is 0 Å². The molecule has 0 aliphatic carbocycles. The van der Waals surface area contributed by atoms with E-state index in [9.17, 15) is 13.2 Å². The molecule has 0 saturated heterocycles. The fourth-order valence-corrected chi connectivity index (χ4v) is 5.70. The number of carbonyl (C=O) groups is 1. The topological polar surface area (TPSA) is 88.2 Å². The molecule has 0 spiro atoms. The Hall–Kier alpha value is -2.75. The van der Waals surface area contributed by atoms with Gasteiger partial charge in [0.2, 0.25) is 0 Å². The first-order valence-corrected chi connectivity index (χ1v) is 12.0. The molecule has 4 rings (SSSR count). The minimum Gasteiger partial charge on any atom is -0.298 e. The van der Waals surface area contributed by atoms with Gasteiger partial charge < -0.3 is 0 Å². The summed E-state index contributed by atoms with van der Waals surface area (Å²) < 4.78 is 28.3. The SMILES string of the molecule is CCc1ccc2nc(NC(=O)c3ccc(NS(=O)(=O)c4cccs4)cc3)sc2c1. The molecule has 0 atom stereocenters. The van der Waals surface area contributed by atoms with Crippen LogP contribution >= 0.6 is 22.7 Å². The first-order chi connectivity index (χ1) is 13.9. The Kier molecular flexibility index (Phi) is 5.35. The lowest BCUT2D eigenvalue weighted by atomic mass is 10.2. The summed E-state index contributed by atoms with van der Waals surface area (Å²) in [4.78, 5) is 17.0. The lowest BCUT2D eigenvalue weighted by Crippen LogP contribution is -2.13. The van der Waals surface area contributed by atoms with E-state index in [2.05, 4.69) is 28.0 Å². The Morgan fingerprint density at radius 2 is 1.90 bits per heavy atom. The average Bonchev–Trinajstić information content (AvgIpc) is 3.37. The second kappa shape index (κ2) is 7.94. The van der Waals surface area contributed by atoms with Crippen LogP contribution in [0.1, 0.15) is 22.8 Å². The summed E-state index contributed by atoms with van der Waals surface area (Å²) in [5.74, 6) is -0.299. The summed E-state index contributed by atoms with van der Waals surface area (Å²) in [7, 11) is -3.61. The number of anilines is 2. The van der Waals surface area contributed by atoms with Crippen molar-refractivity contribution in [3.05, 3.63) is 71.1 Å². The molecule has 0 aliphatic rings. The monoisotopic (exact) mass is 443 g/mol. The standard InChI is InChI=1S/C20H17N3O3S3/c1-2-13-5-10-16-17(12-13)28-20(21-16)22-19(24)14-6-8-15(9-7-14)23-29(25,26)18-4-3-11-27-18/h3-12,23H,2H2,1H3,(H,21,22,24). The highest BCUT2D eigenvalue weighted by Gasteiger charge is 2.16. The van der Waals surface area contributed by atoms with Crippen molar-refractivity contribution >= 4 is 59.6 Å². The predicted molar refractivity (Wildman–Crippen MR) is 119 cm³/mol. The van der Waals surface area contributed by atoms with Gasteiger partial charge in [-0.25, -0.2) is 13.4 Å². The number of hydrogen-bond acceptors (Lipinski definition) is 6. The van der Waals surface area contributed by atoms with E-state index in [-0.39, 0.29) is 10.1 Å². The summed E-state index contributed by atoms with van der Waals surface area (Å²) >= 11 is 2.57. The molecule has 148 valence electrons. The first-order valence-electron chi connectivity index (χ1n) is 8.82. The van der Waals surface area contributed by atoms with Gasteiger partial charge in [-0.05, 0) is 59.8 Å². The number of amides is 1. The van der Waals surface area contributed by atoms with Gasteiger partial charge in [-0.3, -0.25) is 14.8 Å². The zero-order valence-corrected chi connectivity index (χ0v) is 17.8. The van der Waals surface area contributed by atoms with Crippen LogP contribution in [0, 0.1) is 0 Å². The maximum absolute atomic E-state index is 12.5. The van der Waals surface area contributed by atoms with Crippen LogP contribution in [0.15, 0.2) is 64.2 Å². The second-order valence-electron chi connectivity index (χ2n) is 6.24. The molecule has 29 heavy (non-hydrogen) atoms. The van der Waals surface area contributed by atoms with E-state index in [4.69, 9.17) is 0 Å². The van der Waals surface area contributed by atoms with Gasteiger partial charge in [0.25, 0.3) is 15.9 Å². The van der Waals surface area contributed by atoms with Crippen molar-refractivity contribution in [2.45, 2.75) is 17.6 Å². The summed E-state index contributed by atoms with van der Waals surface area (Å²) in [5.41, 5.74) is 2.88. The van der Waals surface area contributed by atoms with Crippen molar-refractivity contribution in [1.29, 1.82) is 0 Å². The van der Waals surface area contributed by atoms with E-state index < -0.39 is 10.0 Å². The Bertz CT molecular complexity index is 1260. The van der Waals surface area contributed by atoms with E-state index in [1.54, 1.807) is 35.7 Å². The number of benzene rings is 2. The molecular formula is C20H17N3O3S3. The average molecular weight is 444 g/mol. The third-order valence-electron chi connectivity index (χ3n) is 4.24. The number of carbonyl (C=O) groups excluding carboxylic acids is 1. The van der Waals surface area contributed by atoms with E-state index in [1.165, 1.54) is 23.0 Å². The van der Waals surface area contributed by atoms with Gasteiger partial charge in [-0.15, -0.1) is 11.3 Å². The maximum Gasteiger partial charge on any atom is 0.271 e. The molecule has 0 aliphatic heterocycles. The molecule has 1 amide bonds. The minimum absolute atomic E-state index is 0.237. The smallest absolute Gasteiger partial charge is 0.271 e.